The zero-order valence-corrected chi connectivity index (χ0v) is 15.1. The van der Waals surface area contributed by atoms with E-state index in [1.165, 1.54) is 36.5 Å². The normalized spacial score (nSPS) is 11.8. The summed E-state index contributed by atoms with van der Waals surface area (Å²) in [6, 6.07) is 13.8. The highest BCUT2D eigenvalue weighted by Gasteiger charge is 2.15. The van der Waals surface area contributed by atoms with Crippen LogP contribution in [0.15, 0.2) is 60.8 Å². The van der Waals surface area contributed by atoms with E-state index in [4.69, 9.17) is 9.47 Å². The largest absolute Gasteiger partial charge is 0.454 e. The Balaban J connectivity index is 1.41. The number of aromatic nitrogens is 1. The van der Waals surface area contributed by atoms with Crippen molar-refractivity contribution in [2.24, 2.45) is 0 Å². The number of rotatable bonds is 5. The van der Waals surface area contributed by atoms with Gasteiger partial charge in [-0.2, -0.15) is 0 Å². The minimum atomic E-state index is -0.541. The van der Waals surface area contributed by atoms with E-state index in [9.17, 15) is 14.0 Å². The maximum atomic E-state index is 13.3. The number of fused-ring (bicyclic) bond motifs is 1. The van der Waals surface area contributed by atoms with Gasteiger partial charge in [0.1, 0.15) is 11.5 Å². The number of pyridine rings is 1. The van der Waals surface area contributed by atoms with E-state index >= 15 is 0 Å². The molecule has 2 heterocycles. The van der Waals surface area contributed by atoms with Crippen molar-refractivity contribution in [1.82, 2.24) is 10.3 Å². The molecule has 0 aliphatic carbocycles. The van der Waals surface area contributed by atoms with Gasteiger partial charge in [0.2, 0.25) is 6.79 Å². The van der Waals surface area contributed by atoms with Crippen molar-refractivity contribution in [2.75, 3.05) is 12.1 Å². The van der Waals surface area contributed by atoms with Gasteiger partial charge in [-0.25, -0.2) is 4.39 Å². The summed E-state index contributed by atoms with van der Waals surface area (Å²) in [7, 11) is 0. The summed E-state index contributed by atoms with van der Waals surface area (Å²) in [5.41, 5.74) is 1.48. The number of anilines is 1. The first-order valence-corrected chi connectivity index (χ1v) is 8.78. The Labute approximate surface area is 165 Å². The molecule has 0 atom stereocenters. The summed E-state index contributed by atoms with van der Waals surface area (Å²) in [5.74, 6) is -0.0570. The smallest absolute Gasteiger partial charge is 0.274 e. The quantitative estimate of drug-likeness (QED) is 0.695. The van der Waals surface area contributed by atoms with Crippen molar-refractivity contribution in [3.63, 3.8) is 0 Å². The molecule has 0 saturated carbocycles. The Kier molecular flexibility index (Phi) is 5.07. The van der Waals surface area contributed by atoms with Crippen LogP contribution in [0.2, 0.25) is 0 Å². The molecule has 1 aromatic heterocycles. The molecular weight excluding hydrogens is 377 g/mol. The van der Waals surface area contributed by atoms with Gasteiger partial charge >= 0.3 is 0 Å². The zero-order chi connectivity index (χ0) is 20.2. The second kappa shape index (κ2) is 7.97. The van der Waals surface area contributed by atoms with Crippen LogP contribution in [-0.2, 0) is 6.54 Å². The van der Waals surface area contributed by atoms with Crippen molar-refractivity contribution in [1.29, 1.82) is 0 Å². The molecule has 0 bridgehead atoms. The zero-order valence-electron chi connectivity index (χ0n) is 15.1. The van der Waals surface area contributed by atoms with Crippen LogP contribution < -0.4 is 20.1 Å². The Bertz CT molecular complexity index is 1090. The van der Waals surface area contributed by atoms with E-state index in [0.29, 0.717) is 17.2 Å². The van der Waals surface area contributed by atoms with Crippen molar-refractivity contribution in [3.8, 4) is 11.5 Å². The van der Waals surface area contributed by atoms with Gasteiger partial charge in [-0.1, -0.05) is 12.1 Å². The maximum absolute atomic E-state index is 13.3. The van der Waals surface area contributed by atoms with Crippen LogP contribution in [-0.4, -0.2) is 23.6 Å². The predicted molar refractivity (Wildman–Crippen MR) is 102 cm³/mol. The molecule has 1 aliphatic rings. The summed E-state index contributed by atoms with van der Waals surface area (Å²) in [5, 5.41) is 5.33. The molecule has 2 aromatic carbocycles. The van der Waals surface area contributed by atoms with Gasteiger partial charge < -0.3 is 20.1 Å². The number of benzene rings is 2. The molecule has 0 fully saturated rings. The van der Waals surface area contributed by atoms with Crippen LogP contribution in [0.25, 0.3) is 0 Å². The number of nitrogens with zero attached hydrogens (tertiary/aromatic N) is 1. The number of halogens is 1. The molecule has 0 saturated heterocycles. The number of carbonyl (C=O) groups is 2. The third-order valence-electron chi connectivity index (χ3n) is 4.23. The van der Waals surface area contributed by atoms with Crippen LogP contribution in [0.3, 0.4) is 0 Å². The maximum Gasteiger partial charge on any atom is 0.274 e. The van der Waals surface area contributed by atoms with Crippen molar-refractivity contribution in [3.05, 3.63) is 83.4 Å². The van der Waals surface area contributed by atoms with E-state index in [1.54, 1.807) is 18.2 Å². The summed E-state index contributed by atoms with van der Waals surface area (Å²) in [4.78, 5) is 28.8. The van der Waals surface area contributed by atoms with Crippen molar-refractivity contribution < 1.29 is 23.5 Å². The number of hydrogen-bond acceptors (Lipinski definition) is 5. The molecule has 3 aromatic rings. The summed E-state index contributed by atoms with van der Waals surface area (Å²) >= 11 is 0. The van der Waals surface area contributed by atoms with Gasteiger partial charge in [0.05, 0.1) is 0 Å². The van der Waals surface area contributed by atoms with Crippen LogP contribution in [0.4, 0.5) is 10.1 Å². The second-order valence-electron chi connectivity index (χ2n) is 6.26. The molecule has 2 amide bonds. The van der Waals surface area contributed by atoms with Gasteiger partial charge in [0.15, 0.2) is 11.5 Å². The fraction of sp³-hybridized carbons (Fsp3) is 0.0952. The molecule has 2 N–H and O–H groups in total. The first-order chi connectivity index (χ1) is 14.1. The third-order valence-corrected chi connectivity index (χ3v) is 4.23. The summed E-state index contributed by atoms with van der Waals surface area (Å²) in [6.07, 6.45) is 1.37. The molecule has 4 rings (SSSR count). The van der Waals surface area contributed by atoms with Crippen LogP contribution in [0, 0.1) is 5.82 Å². The van der Waals surface area contributed by atoms with E-state index in [2.05, 4.69) is 15.6 Å². The van der Waals surface area contributed by atoms with Gasteiger partial charge in [0, 0.05) is 24.0 Å². The van der Waals surface area contributed by atoms with Crippen molar-refractivity contribution >= 4 is 17.5 Å². The lowest BCUT2D eigenvalue weighted by atomic mass is 10.1. The highest BCUT2D eigenvalue weighted by molar-refractivity contribution is 6.04. The number of amides is 2. The molecule has 146 valence electrons. The number of carbonyl (C=O) groups excluding carboxylic acids is 2. The topological polar surface area (TPSA) is 89.6 Å². The molecule has 8 heteroatoms. The number of nitrogens with one attached hydrogen (secondary N) is 2. The lowest BCUT2D eigenvalue weighted by molar-refractivity contribution is 0.0950. The summed E-state index contributed by atoms with van der Waals surface area (Å²) < 4.78 is 23.8. The fourth-order valence-electron chi connectivity index (χ4n) is 2.79. The molecule has 0 radical (unpaired) electrons. The molecule has 0 spiro atoms. The predicted octanol–water partition coefficient (Wildman–Crippen LogP) is 3.13. The van der Waals surface area contributed by atoms with E-state index in [1.807, 2.05) is 6.07 Å². The van der Waals surface area contributed by atoms with Crippen LogP contribution in [0.5, 0.6) is 11.5 Å². The molecule has 1 aliphatic heterocycles. The SMILES string of the molecule is O=C(NCc1ccc2c(c1)OCO2)c1ccnc(C(=O)Nc2cccc(F)c2)c1. The van der Waals surface area contributed by atoms with Crippen LogP contribution in [0.1, 0.15) is 26.4 Å². The van der Waals surface area contributed by atoms with Gasteiger partial charge in [0.25, 0.3) is 11.8 Å². The van der Waals surface area contributed by atoms with Gasteiger partial charge in [-0.15, -0.1) is 0 Å². The Hall–Kier alpha value is -3.94. The summed E-state index contributed by atoms with van der Waals surface area (Å²) in [6.45, 7) is 0.464. The molecule has 29 heavy (non-hydrogen) atoms. The molecule has 0 unspecified atom stereocenters. The third kappa shape index (κ3) is 4.32. The minimum Gasteiger partial charge on any atom is -0.454 e. The highest BCUT2D eigenvalue weighted by atomic mass is 19.1. The fourth-order valence-corrected chi connectivity index (χ4v) is 2.79. The van der Waals surface area contributed by atoms with Gasteiger partial charge in [-0.05, 0) is 48.0 Å². The average molecular weight is 393 g/mol. The second-order valence-corrected chi connectivity index (χ2v) is 6.26. The van der Waals surface area contributed by atoms with Gasteiger partial charge in [-0.3, -0.25) is 14.6 Å². The Morgan fingerprint density at radius 3 is 2.72 bits per heavy atom. The van der Waals surface area contributed by atoms with Crippen molar-refractivity contribution in [2.45, 2.75) is 6.54 Å². The standard InChI is InChI=1S/C21H16FN3O4/c22-15-2-1-3-16(10-15)25-21(27)17-9-14(6-7-23-17)20(26)24-11-13-4-5-18-19(8-13)29-12-28-18/h1-10H,11-12H2,(H,24,26)(H,25,27). The number of hydrogen-bond donors (Lipinski definition) is 2. The Morgan fingerprint density at radius 1 is 1.00 bits per heavy atom. The lowest BCUT2D eigenvalue weighted by Crippen LogP contribution is -2.23. The first kappa shape index (κ1) is 18.4. The van der Waals surface area contributed by atoms with Crippen LogP contribution >= 0.6 is 0 Å². The van der Waals surface area contributed by atoms with E-state index in [-0.39, 0.29) is 30.5 Å². The molecular formula is C21H16FN3O4. The first-order valence-electron chi connectivity index (χ1n) is 8.78. The van der Waals surface area contributed by atoms with E-state index in [0.717, 1.165) is 5.56 Å². The Morgan fingerprint density at radius 2 is 1.86 bits per heavy atom. The minimum absolute atomic E-state index is 0.0463. The monoisotopic (exact) mass is 393 g/mol. The average Bonchev–Trinajstić information content (AvgIpc) is 3.20. The molecule has 7 nitrogen and oxygen atoms in total. The van der Waals surface area contributed by atoms with E-state index < -0.39 is 11.7 Å². The lowest BCUT2D eigenvalue weighted by Gasteiger charge is -2.08. The highest BCUT2D eigenvalue weighted by Crippen LogP contribution is 2.32. The number of ether oxygens (including phenoxy) is 2.